The molecule has 0 atom stereocenters. The number of benzene rings is 1. The quantitative estimate of drug-likeness (QED) is 0.678. The maximum Gasteiger partial charge on any atom is 0.310 e. The molecule has 6 heteroatoms. The molecule has 1 aliphatic carbocycles. The fourth-order valence-electron chi connectivity index (χ4n) is 2.49. The average Bonchev–Trinajstić information content (AvgIpc) is 2.47. The predicted molar refractivity (Wildman–Crippen MR) is 74.0 cm³/mol. The van der Waals surface area contributed by atoms with Crippen LogP contribution in [-0.4, -0.2) is 24.0 Å². The summed E-state index contributed by atoms with van der Waals surface area (Å²) in [5, 5.41) is 13.8. The summed E-state index contributed by atoms with van der Waals surface area (Å²) in [5.74, 6) is -0.101. The van der Waals surface area contributed by atoms with E-state index in [2.05, 4.69) is 5.32 Å². The van der Waals surface area contributed by atoms with E-state index in [4.69, 9.17) is 4.74 Å². The largest absolute Gasteiger partial charge is 0.490 e. The van der Waals surface area contributed by atoms with Gasteiger partial charge in [0, 0.05) is 23.7 Å². The van der Waals surface area contributed by atoms with Gasteiger partial charge in [-0.05, 0) is 18.9 Å². The number of carbonyl (C=O) groups excluding carboxylic acids is 1. The summed E-state index contributed by atoms with van der Waals surface area (Å²) in [5.41, 5.74) is 0.250. The average molecular weight is 278 g/mol. The van der Waals surface area contributed by atoms with E-state index in [-0.39, 0.29) is 23.4 Å². The second-order valence-electron chi connectivity index (χ2n) is 4.95. The number of nitro benzene ring substituents is 1. The van der Waals surface area contributed by atoms with Gasteiger partial charge in [0.05, 0.1) is 12.0 Å². The van der Waals surface area contributed by atoms with Crippen LogP contribution < -0.4 is 10.1 Å². The minimum atomic E-state index is -0.526. The van der Waals surface area contributed by atoms with Crippen LogP contribution >= 0.6 is 0 Å². The highest BCUT2D eigenvalue weighted by Gasteiger charge is 2.20. The number of nitro groups is 1. The number of hydrogen-bond donors (Lipinski definition) is 1. The molecule has 0 radical (unpaired) electrons. The first-order valence-corrected chi connectivity index (χ1v) is 6.75. The summed E-state index contributed by atoms with van der Waals surface area (Å²) in [6.07, 6.45) is 5.48. The van der Waals surface area contributed by atoms with E-state index in [1.165, 1.54) is 31.7 Å². The Morgan fingerprint density at radius 3 is 2.65 bits per heavy atom. The maximum atomic E-state index is 12.1. The lowest BCUT2D eigenvalue weighted by Gasteiger charge is -2.22. The molecule has 1 N–H and O–H groups in total. The molecule has 1 aromatic carbocycles. The van der Waals surface area contributed by atoms with Gasteiger partial charge in [-0.2, -0.15) is 0 Å². The molecule has 1 saturated carbocycles. The molecule has 0 spiro atoms. The Hall–Kier alpha value is -2.11. The van der Waals surface area contributed by atoms with Crippen molar-refractivity contribution < 1.29 is 14.5 Å². The third-order valence-electron chi connectivity index (χ3n) is 3.58. The zero-order chi connectivity index (χ0) is 14.5. The third-order valence-corrected chi connectivity index (χ3v) is 3.58. The van der Waals surface area contributed by atoms with Crippen LogP contribution in [0.1, 0.15) is 42.5 Å². The highest BCUT2D eigenvalue weighted by Crippen LogP contribution is 2.27. The monoisotopic (exact) mass is 278 g/mol. The van der Waals surface area contributed by atoms with Crippen LogP contribution in [0.2, 0.25) is 0 Å². The number of nitrogens with zero attached hydrogens (tertiary/aromatic N) is 1. The van der Waals surface area contributed by atoms with E-state index in [1.54, 1.807) is 0 Å². The summed E-state index contributed by atoms with van der Waals surface area (Å²) in [7, 11) is 1.35. The lowest BCUT2D eigenvalue weighted by atomic mass is 9.95. The Labute approximate surface area is 117 Å². The molecule has 0 saturated heterocycles. The maximum absolute atomic E-state index is 12.1. The van der Waals surface area contributed by atoms with Crippen molar-refractivity contribution in [2.45, 2.75) is 38.1 Å². The van der Waals surface area contributed by atoms with Crippen LogP contribution in [-0.2, 0) is 0 Å². The normalized spacial score (nSPS) is 15.7. The van der Waals surface area contributed by atoms with Crippen LogP contribution in [0, 0.1) is 10.1 Å². The lowest BCUT2D eigenvalue weighted by molar-refractivity contribution is -0.385. The zero-order valence-electron chi connectivity index (χ0n) is 11.4. The summed E-state index contributed by atoms with van der Waals surface area (Å²) in [6, 6.07) is 4.38. The third kappa shape index (κ3) is 3.26. The van der Waals surface area contributed by atoms with Gasteiger partial charge in [0.25, 0.3) is 5.91 Å². The smallest absolute Gasteiger partial charge is 0.310 e. The summed E-state index contributed by atoms with van der Waals surface area (Å²) >= 11 is 0. The first-order chi connectivity index (χ1) is 9.61. The molecule has 1 amide bonds. The number of methoxy groups -OCH3 is 1. The molecule has 1 fully saturated rings. The topological polar surface area (TPSA) is 81.5 Å². The standard InChI is InChI=1S/C14H18N2O4/c1-20-13-9-10(7-8-12(13)16(18)19)14(17)15-11-5-3-2-4-6-11/h7-9,11H,2-6H2,1H3,(H,15,17). The van der Waals surface area contributed by atoms with E-state index in [0.717, 1.165) is 25.7 Å². The summed E-state index contributed by atoms with van der Waals surface area (Å²) in [6.45, 7) is 0. The SMILES string of the molecule is COc1cc(C(=O)NC2CCCCC2)ccc1[N+](=O)[O-]. The van der Waals surface area contributed by atoms with Gasteiger partial charge >= 0.3 is 5.69 Å². The van der Waals surface area contributed by atoms with Crippen molar-refractivity contribution in [3.05, 3.63) is 33.9 Å². The summed E-state index contributed by atoms with van der Waals surface area (Å²) in [4.78, 5) is 22.4. The molecule has 108 valence electrons. The zero-order valence-corrected chi connectivity index (χ0v) is 11.4. The van der Waals surface area contributed by atoms with Crippen molar-refractivity contribution in [2.24, 2.45) is 0 Å². The fourth-order valence-corrected chi connectivity index (χ4v) is 2.49. The van der Waals surface area contributed by atoms with Gasteiger partial charge in [0.15, 0.2) is 5.75 Å². The molecule has 1 aliphatic rings. The summed E-state index contributed by atoms with van der Waals surface area (Å²) < 4.78 is 4.97. The van der Waals surface area contributed by atoms with Gasteiger partial charge < -0.3 is 10.1 Å². The second-order valence-corrected chi connectivity index (χ2v) is 4.95. The minimum absolute atomic E-state index is 0.103. The molecule has 0 bridgehead atoms. The number of carbonyl (C=O) groups is 1. The Bertz CT molecular complexity index is 510. The Kier molecular flexibility index (Phi) is 4.55. The molecule has 0 unspecified atom stereocenters. The number of ether oxygens (including phenoxy) is 1. The molecule has 0 aromatic heterocycles. The first-order valence-electron chi connectivity index (χ1n) is 6.75. The predicted octanol–water partition coefficient (Wildman–Crippen LogP) is 2.67. The van der Waals surface area contributed by atoms with E-state index < -0.39 is 4.92 Å². The van der Waals surface area contributed by atoms with E-state index in [9.17, 15) is 14.9 Å². The Balaban J connectivity index is 2.11. The molecular weight excluding hydrogens is 260 g/mol. The Morgan fingerprint density at radius 2 is 2.05 bits per heavy atom. The van der Waals surface area contributed by atoms with Crippen molar-refractivity contribution in [2.75, 3.05) is 7.11 Å². The molecular formula is C14H18N2O4. The van der Waals surface area contributed by atoms with Crippen molar-refractivity contribution >= 4 is 11.6 Å². The molecule has 1 aromatic rings. The Morgan fingerprint density at radius 1 is 1.35 bits per heavy atom. The van der Waals surface area contributed by atoms with Crippen molar-refractivity contribution in [1.82, 2.24) is 5.32 Å². The van der Waals surface area contributed by atoms with Crippen molar-refractivity contribution in [3.63, 3.8) is 0 Å². The number of hydrogen-bond acceptors (Lipinski definition) is 4. The van der Waals surface area contributed by atoms with Crippen molar-refractivity contribution in [1.29, 1.82) is 0 Å². The lowest BCUT2D eigenvalue weighted by Crippen LogP contribution is -2.36. The van der Waals surface area contributed by atoms with E-state index >= 15 is 0 Å². The van der Waals surface area contributed by atoms with Gasteiger partial charge in [-0.25, -0.2) is 0 Å². The van der Waals surface area contributed by atoms with Gasteiger partial charge in [0.2, 0.25) is 0 Å². The highest BCUT2D eigenvalue weighted by molar-refractivity contribution is 5.95. The second kappa shape index (κ2) is 6.36. The fraction of sp³-hybridized carbons (Fsp3) is 0.500. The molecule has 2 rings (SSSR count). The highest BCUT2D eigenvalue weighted by atomic mass is 16.6. The van der Waals surface area contributed by atoms with Crippen molar-refractivity contribution in [3.8, 4) is 5.75 Å². The van der Waals surface area contributed by atoms with Crippen LogP contribution in [0.5, 0.6) is 5.75 Å². The van der Waals surface area contributed by atoms with Gasteiger partial charge in [-0.15, -0.1) is 0 Å². The van der Waals surface area contributed by atoms with E-state index in [1.807, 2.05) is 0 Å². The van der Waals surface area contributed by atoms with Gasteiger partial charge in [-0.1, -0.05) is 19.3 Å². The van der Waals surface area contributed by atoms with Gasteiger partial charge in [-0.3, -0.25) is 14.9 Å². The van der Waals surface area contributed by atoms with Crippen LogP contribution in [0.25, 0.3) is 0 Å². The number of nitrogens with one attached hydrogen (secondary N) is 1. The molecule has 0 heterocycles. The first kappa shape index (κ1) is 14.3. The minimum Gasteiger partial charge on any atom is -0.490 e. The molecule has 6 nitrogen and oxygen atoms in total. The van der Waals surface area contributed by atoms with E-state index in [0.29, 0.717) is 5.56 Å². The van der Waals surface area contributed by atoms with Crippen LogP contribution in [0.15, 0.2) is 18.2 Å². The van der Waals surface area contributed by atoms with Crippen LogP contribution in [0.4, 0.5) is 5.69 Å². The number of rotatable bonds is 4. The number of amides is 1. The molecule has 0 aliphatic heterocycles. The van der Waals surface area contributed by atoms with Crippen LogP contribution in [0.3, 0.4) is 0 Å². The van der Waals surface area contributed by atoms with Gasteiger partial charge in [0.1, 0.15) is 0 Å². The molecule has 20 heavy (non-hydrogen) atoms.